The van der Waals surface area contributed by atoms with Gasteiger partial charge in [-0.05, 0) is 49.4 Å². The van der Waals surface area contributed by atoms with E-state index in [2.05, 4.69) is 14.4 Å². The van der Waals surface area contributed by atoms with Crippen LogP contribution >= 0.6 is 0 Å². The molecule has 0 bridgehead atoms. The minimum absolute atomic E-state index is 0.0115. The molecule has 0 aliphatic heterocycles. The number of rotatable bonds is 7. The number of nitrogens with one attached hydrogen (secondary N) is 2. The first-order chi connectivity index (χ1) is 16.3. The summed E-state index contributed by atoms with van der Waals surface area (Å²) in [7, 11) is 1.44. The molecule has 0 fully saturated rings. The normalized spacial score (nSPS) is 12.0. The lowest BCUT2D eigenvalue weighted by Gasteiger charge is -2.12. The van der Waals surface area contributed by atoms with Gasteiger partial charge in [0.2, 0.25) is 0 Å². The molecule has 2 aromatic carbocycles. The smallest absolute Gasteiger partial charge is 0.340 e. The van der Waals surface area contributed by atoms with Gasteiger partial charge in [0.1, 0.15) is 5.58 Å². The van der Waals surface area contributed by atoms with Crippen molar-refractivity contribution in [2.24, 2.45) is 0 Å². The van der Waals surface area contributed by atoms with Crippen LogP contribution in [0.4, 0.5) is 18.9 Å². The number of nitrogens with zero attached hydrogens (tertiary/aromatic N) is 1. The molecular formula is C23H18F3N3O4S. The van der Waals surface area contributed by atoms with Crippen LogP contribution in [0.3, 0.4) is 0 Å². The van der Waals surface area contributed by atoms with Crippen molar-refractivity contribution in [3.63, 3.8) is 0 Å². The summed E-state index contributed by atoms with van der Waals surface area (Å²) in [6.07, 6.45) is 1.14. The van der Waals surface area contributed by atoms with Crippen molar-refractivity contribution >= 4 is 27.8 Å². The van der Waals surface area contributed by atoms with E-state index in [1.54, 1.807) is 13.0 Å². The molecule has 7 nitrogen and oxygen atoms in total. The van der Waals surface area contributed by atoms with Crippen LogP contribution in [0.2, 0.25) is 0 Å². The van der Waals surface area contributed by atoms with E-state index in [9.17, 15) is 22.2 Å². The number of ether oxygens (including phenoxy) is 1. The van der Waals surface area contributed by atoms with Gasteiger partial charge in [0, 0.05) is 29.6 Å². The summed E-state index contributed by atoms with van der Waals surface area (Å²) in [4.78, 5) is 16.4. The molecule has 2 N–H and O–H groups in total. The molecule has 0 radical (unpaired) electrons. The van der Waals surface area contributed by atoms with Gasteiger partial charge in [-0.1, -0.05) is 12.1 Å². The number of anilines is 1. The van der Waals surface area contributed by atoms with Crippen LogP contribution in [-0.2, 0) is 17.6 Å². The molecule has 0 spiro atoms. The standard InChI is InChI=1S/C23H18F3N3O4S/c1-12-14-10-17(25)20(32-22-16(24)6-4-8-28-22)11-19(14)33-23(30)15(12)9-13-5-3-7-18(21(13)26)29-34(31)27-2/h3-8,10-11,27,29H,9H2,1-2H3. The van der Waals surface area contributed by atoms with Crippen LogP contribution in [0.25, 0.3) is 11.0 Å². The van der Waals surface area contributed by atoms with Gasteiger partial charge in [0.25, 0.3) is 5.88 Å². The number of hydrogen-bond donors (Lipinski definition) is 2. The lowest BCUT2D eigenvalue weighted by molar-refractivity contribution is 0.398. The van der Waals surface area contributed by atoms with Gasteiger partial charge in [0.05, 0.1) is 5.69 Å². The number of aryl methyl sites for hydroxylation is 1. The van der Waals surface area contributed by atoms with E-state index in [1.165, 1.54) is 31.4 Å². The zero-order valence-electron chi connectivity index (χ0n) is 17.9. The van der Waals surface area contributed by atoms with Crippen LogP contribution in [0.15, 0.2) is 57.9 Å². The Labute approximate surface area is 194 Å². The fourth-order valence-corrected chi connectivity index (χ4v) is 3.82. The Bertz CT molecular complexity index is 1480. The quantitative estimate of drug-likeness (QED) is 0.373. The van der Waals surface area contributed by atoms with Crippen LogP contribution in [0, 0.1) is 24.4 Å². The van der Waals surface area contributed by atoms with Crippen molar-refractivity contribution in [2.75, 3.05) is 11.8 Å². The van der Waals surface area contributed by atoms with Gasteiger partial charge in [-0.2, -0.15) is 0 Å². The molecule has 1 atom stereocenters. The van der Waals surface area contributed by atoms with Crippen molar-refractivity contribution in [1.82, 2.24) is 9.71 Å². The van der Waals surface area contributed by atoms with E-state index in [0.29, 0.717) is 5.56 Å². The van der Waals surface area contributed by atoms with Gasteiger partial charge in [-0.3, -0.25) is 4.72 Å². The molecule has 2 heterocycles. The molecule has 0 saturated heterocycles. The maximum absolute atomic E-state index is 14.9. The van der Waals surface area contributed by atoms with Gasteiger partial charge in [-0.15, -0.1) is 0 Å². The van der Waals surface area contributed by atoms with Crippen LogP contribution in [0.1, 0.15) is 16.7 Å². The molecule has 11 heteroatoms. The third-order valence-corrected chi connectivity index (χ3v) is 5.88. The summed E-state index contributed by atoms with van der Waals surface area (Å²) in [5.41, 5.74) is -0.0802. The molecule has 0 saturated carbocycles. The number of pyridine rings is 1. The highest BCUT2D eigenvalue weighted by Gasteiger charge is 2.19. The highest BCUT2D eigenvalue weighted by Crippen LogP contribution is 2.31. The summed E-state index contributed by atoms with van der Waals surface area (Å²) >= 11 is -1.69. The number of fused-ring (bicyclic) bond motifs is 1. The number of aromatic nitrogens is 1. The fraction of sp³-hybridized carbons (Fsp3) is 0.130. The predicted octanol–water partition coefficient (Wildman–Crippen LogP) is 4.51. The van der Waals surface area contributed by atoms with Gasteiger partial charge < -0.3 is 9.15 Å². The van der Waals surface area contributed by atoms with E-state index in [-0.39, 0.29) is 40.0 Å². The number of hydrogen-bond acceptors (Lipinski definition) is 5. The second-order valence-corrected chi connectivity index (χ2v) is 8.34. The Kier molecular flexibility index (Phi) is 6.66. The zero-order valence-corrected chi connectivity index (χ0v) is 18.8. The van der Waals surface area contributed by atoms with E-state index >= 15 is 0 Å². The Morgan fingerprint density at radius 2 is 1.91 bits per heavy atom. The lowest BCUT2D eigenvalue weighted by atomic mass is 9.99. The lowest BCUT2D eigenvalue weighted by Crippen LogP contribution is -2.19. The molecule has 0 aliphatic carbocycles. The molecule has 176 valence electrons. The van der Waals surface area contributed by atoms with E-state index < -0.39 is 40.1 Å². The van der Waals surface area contributed by atoms with E-state index in [1.807, 2.05) is 0 Å². The second-order valence-electron chi connectivity index (χ2n) is 7.19. The third-order valence-electron chi connectivity index (χ3n) is 5.11. The maximum Gasteiger partial charge on any atom is 0.340 e. The molecule has 4 aromatic rings. The van der Waals surface area contributed by atoms with Gasteiger partial charge in [0.15, 0.2) is 34.4 Å². The predicted molar refractivity (Wildman–Crippen MR) is 121 cm³/mol. The monoisotopic (exact) mass is 489 g/mol. The first-order valence-corrected chi connectivity index (χ1v) is 11.1. The number of benzene rings is 2. The van der Waals surface area contributed by atoms with Gasteiger partial charge in [-0.25, -0.2) is 31.9 Å². The zero-order chi connectivity index (χ0) is 24.4. The minimum atomic E-state index is -1.69. The van der Waals surface area contributed by atoms with Crippen molar-refractivity contribution in [3.8, 4) is 11.6 Å². The number of halogens is 3. The van der Waals surface area contributed by atoms with Gasteiger partial charge >= 0.3 is 5.63 Å². The van der Waals surface area contributed by atoms with Crippen LogP contribution < -0.4 is 19.8 Å². The molecule has 0 amide bonds. The molecule has 2 aromatic heterocycles. The summed E-state index contributed by atoms with van der Waals surface area (Å²) in [5, 5.41) is 0.270. The Morgan fingerprint density at radius 3 is 2.65 bits per heavy atom. The van der Waals surface area contributed by atoms with Crippen LogP contribution in [0.5, 0.6) is 11.6 Å². The molecular weight excluding hydrogens is 471 g/mol. The first kappa shape index (κ1) is 23.5. The molecule has 34 heavy (non-hydrogen) atoms. The fourth-order valence-electron chi connectivity index (χ4n) is 3.36. The maximum atomic E-state index is 14.9. The summed E-state index contributed by atoms with van der Waals surface area (Å²) in [6.45, 7) is 1.59. The largest absolute Gasteiger partial charge is 0.433 e. The summed E-state index contributed by atoms with van der Waals surface area (Å²) in [5.74, 6) is -3.10. The summed E-state index contributed by atoms with van der Waals surface area (Å²) in [6, 6.07) is 9.13. The Morgan fingerprint density at radius 1 is 1.12 bits per heavy atom. The topological polar surface area (TPSA) is 93.5 Å². The highest BCUT2D eigenvalue weighted by molar-refractivity contribution is 7.84. The second kappa shape index (κ2) is 9.65. The Hall–Kier alpha value is -3.70. The summed E-state index contributed by atoms with van der Waals surface area (Å²) < 4.78 is 70.6. The van der Waals surface area contributed by atoms with Crippen molar-refractivity contribution < 1.29 is 26.5 Å². The minimum Gasteiger partial charge on any atom is -0.433 e. The van der Waals surface area contributed by atoms with Crippen molar-refractivity contribution in [2.45, 2.75) is 13.3 Å². The SMILES string of the molecule is CNS(=O)Nc1cccc(Cc2c(C)c3cc(F)c(Oc4ncccc4F)cc3oc2=O)c1F. The van der Waals surface area contributed by atoms with E-state index in [0.717, 1.165) is 18.2 Å². The van der Waals surface area contributed by atoms with Crippen LogP contribution in [-0.4, -0.2) is 16.2 Å². The molecule has 1 unspecified atom stereocenters. The molecule has 4 rings (SSSR count). The average molecular weight is 489 g/mol. The first-order valence-electron chi connectivity index (χ1n) is 9.96. The van der Waals surface area contributed by atoms with Crippen molar-refractivity contribution in [3.05, 3.63) is 93.2 Å². The van der Waals surface area contributed by atoms with Crippen molar-refractivity contribution in [1.29, 1.82) is 0 Å². The van der Waals surface area contributed by atoms with E-state index in [4.69, 9.17) is 9.15 Å². The molecule has 0 aliphatic rings. The Balaban J connectivity index is 1.72. The highest BCUT2D eigenvalue weighted by atomic mass is 32.2. The third kappa shape index (κ3) is 4.66. The average Bonchev–Trinajstić information content (AvgIpc) is 2.81.